The van der Waals surface area contributed by atoms with Gasteiger partial charge in [-0.2, -0.15) is 0 Å². The zero-order valence-electron chi connectivity index (χ0n) is 13.8. The third-order valence-electron chi connectivity index (χ3n) is 4.11. The number of aromatic nitrogens is 1. The third-order valence-corrected chi connectivity index (χ3v) is 4.47. The van der Waals surface area contributed by atoms with Crippen LogP contribution in [0.1, 0.15) is 5.56 Å². The van der Waals surface area contributed by atoms with E-state index in [2.05, 4.69) is 26.2 Å². The standard InChI is InChI=1S/C18H22N4OS/c1-23-17-6-2-5-16(12-17)20-18(24)22-10-8-21(9-11-22)14-15-4-3-7-19-13-15/h2-7,12-13H,8-11,14H2,1H3,(H,20,24). The lowest BCUT2D eigenvalue weighted by Gasteiger charge is -2.36. The molecule has 3 rings (SSSR count). The van der Waals surface area contributed by atoms with Gasteiger partial charge < -0.3 is 15.0 Å². The minimum atomic E-state index is 0.768. The monoisotopic (exact) mass is 342 g/mol. The fourth-order valence-electron chi connectivity index (χ4n) is 2.76. The van der Waals surface area contributed by atoms with Gasteiger partial charge >= 0.3 is 0 Å². The quantitative estimate of drug-likeness (QED) is 0.862. The number of nitrogens with one attached hydrogen (secondary N) is 1. The van der Waals surface area contributed by atoms with Gasteiger partial charge in [-0.15, -0.1) is 0 Å². The van der Waals surface area contributed by atoms with E-state index in [-0.39, 0.29) is 0 Å². The highest BCUT2D eigenvalue weighted by Gasteiger charge is 2.19. The van der Waals surface area contributed by atoms with Crippen LogP contribution in [-0.2, 0) is 6.54 Å². The van der Waals surface area contributed by atoms with Gasteiger partial charge in [-0.25, -0.2) is 0 Å². The number of ether oxygens (including phenoxy) is 1. The van der Waals surface area contributed by atoms with Crippen LogP contribution in [0.4, 0.5) is 5.69 Å². The molecule has 24 heavy (non-hydrogen) atoms. The highest BCUT2D eigenvalue weighted by molar-refractivity contribution is 7.80. The Kier molecular flexibility index (Phi) is 5.61. The molecule has 1 fully saturated rings. The van der Waals surface area contributed by atoms with Gasteiger partial charge in [0.05, 0.1) is 7.11 Å². The smallest absolute Gasteiger partial charge is 0.173 e. The maximum absolute atomic E-state index is 5.55. The maximum atomic E-state index is 5.55. The normalized spacial score (nSPS) is 15.1. The van der Waals surface area contributed by atoms with Crippen LogP contribution in [0, 0.1) is 0 Å². The van der Waals surface area contributed by atoms with Crippen LogP contribution in [0.5, 0.6) is 5.75 Å². The summed E-state index contributed by atoms with van der Waals surface area (Å²) in [7, 11) is 1.67. The van der Waals surface area contributed by atoms with Gasteiger partial charge in [0.15, 0.2) is 5.11 Å². The summed E-state index contributed by atoms with van der Waals surface area (Å²) >= 11 is 5.55. The lowest BCUT2D eigenvalue weighted by Crippen LogP contribution is -2.49. The number of benzene rings is 1. The van der Waals surface area contributed by atoms with E-state index in [9.17, 15) is 0 Å². The molecular formula is C18H22N4OS. The number of thiocarbonyl (C=S) groups is 1. The average Bonchev–Trinajstić information content (AvgIpc) is 2.63. The van der Waals surface area contributed by atoms with Crippen molar-refractivity contribution in [1.82, 2.24) is 14.8 Å². The molecular weight excluding hydrogens is 320 g/mol. The number of rotatable bonds is 4. The number of hydrogen-bond acceptors (Lipinski definition) is 4. The first-order valence-corrected chi connectivity index (χ1v) is 8.46. The molecule has 1 aromatic carbocycles. The van der Waals surface area contributed by atoms with E-state index < -0.39 is 0 Å². The van der Waals surface area contributed by atoms with Crippen molar-refractivity contribution < 1.29 is 4.74 Å². The molecule has 1 aliphatic rings. The van der Waals surface area contributed by atoms with E-state index in [4.69, 9.17) is 17.0 Å². The Labute approximate surface area is 148 Å². The molecule has 5 nitrogen and oxygen atoms in total. The van der Waals surface area contributed by atoms with Crippen molar-refractivity contribution in [3.05, 3.63) is 54.4 Å². The first-order valence-electron chi connectivity index (χ1n) is 8.06. The molecule has 1 N–H and O–H groups in total. The van der Waals surface area contributed by atoms with Gasteiger partial charge in [-0.1, -0.05) is 12.1 Å². The molecule has 1 aliphatic heterocycles. The van der Waals surface area contributed by atoms with E-state index in [1.807, 2.05) is 42.7 Å². The van der Waals surface area contributed by atoms with E-state index >= 15 is 0 Å². The molecule has 0 radical (unpaired) electrons. The van der Waals surface area contributed by atoms with Crippen molar-refractivity contribution in [1.29, 1.82) is 0 Å². The van der Waals surface area contributed by atoms with Crippen LogP contribution in [0.3, 0.4) is 0 Å². The predicted octanol–water partition coefficient (Wildman–Crippen LogP) is 2.60. The van der Waals surface area contributed by atoms with Crippen molar-refractivity contribution in [2.24, 2.45) is 0 Å². The van der Waals surface area contributed by atoms with Crippen LogP contribution < -0.4 is 10.1 Å². The Balaban J connectivity index is 1.49. The third kappa shape index (κ3) is 4.43. The Hall–Kier alpha value is -2.18. The minimum absolute atomic E-state index is 0.768. The number of methoxy groups -OCH3 is 1. The molecule has 0 unspecified atom stereocenters. The summed E-state index contributed by atoms with van der Waals surface area (Å²) in [6.07, 6.45) is 3.74. The van der Waals surface area contributed by atoms with Gasteiger partial charge in [0.2, 0.25) is 0 Å². The highest BCUT2D eigenvalue weighted by Crippen LogP contribution is 2.17. The molecule has 0 atom stereocenters. The predicted molar refractivity (Wildman–Crippen MR) is 100 cm³/mol. The second kappa shape index (κ2) is 8.08. The SMILES string of the molecule is COc1cccc(NC(=S)N2CCN(Cc3cccnc3)CC2)c1. The number of piperazine rings is 1. The molecule has 126 valence electrons. The van der Waals surface area contributed by atoms with Gasteiger partial charge in [0.1, 0.15) is 5.75 Å². The van der Waals surface area contributed by atoms with Crippen LogP contribution in [0.15, 0.2) is 48.8 Å². The minimum Gasteiger partial charge on any atom is -0.497 e. The van der Waals surface area contributed by atoms with E-state index in [0.717, 1.165) is 49.3 Å². The topological polar surface area (TPSA) is 40.6 Å². The molecule has 2 aromatic rings. The fourth-order valence-corrected chi connectivity index (χ4v) is 3.06. The van der Waals surface area contributed by atoms with E-state index in [1.54, 1.807) is 7.11 Å². The molecule has 1 saturated heterocycles. The van der Waals surface area contributed by atoms with Crippen molar-refractivity contribution in [2.75, 3.05) is 38.6 Å². The Bertz CT molecular complexity index is 672. The van der Waals surface area contributed by atoms with Crippen molar-refractivity contribution in [3.8, 4) is 5.75 Å². The summed E-state index contributed by atoms with van der Waals surface area (Å²) in [5.74, 6) is 0.823. The summed E-state index contributed by atoms with van der Waals surface area (Å²) in [6.45, 7) is 4.79. The molecule has 2 heterocycles. The maximum Gasteiger partial charge on any atom is 0.173 e. The zero-order chi connectivity index (χ0) is 16.8. The summed E-state index contributed by atoms with van der Waals surface area (Å²) < 4.78 is 5.24. The first-order chi connectivity index (χ1) is 11.7. The van der Waals surface area contributed by atoms with Crippen LogP contribution >= 0.6 is 12.2 Å². The van der Waals surface area contributed by atoms with Crippen LogP contribution in [-0.4, -0.2) is 53.2 Å². The zero-order valence-corrected chi connectivity index (χ0v) is 14.6. The molecule has 0 saturated carbocycles. The summed E-state index contributed by atoms with van der Waals surface area (Å²) in [4.78, 5) is 8.83. The van der Waals surface area contributed by atoms with Crippen molar-refractivity contribution in [3.63, 3.8) is 0 Å². The average molecular weight is 342 g/mol. The van der Waals surface area contributed by atoms with Gasteiger partial charge in [0.25, 0.3) is 0 Å². The Morgan fingerprint density at radius 1 is 1.21 bits per heavy atom. The highest BCUT2D eigenvalue weighted by atomic mass is 32.1. The summed E-state index contributed by atoms with van der Waals surface area (Å²) in [5.41, 5.74) is 2.21. The van der Waals surface area contributed by atoms with Gasteiger partial charge in [-0.05, 0) is 36.0 Å². The number of hydrogen-bond donors (Lipinski definition) is 1. The van der Waals surface area contributed by atoms with E-state index in [0.29, 0.717) is 0 Å². The molecule has 0 bridgehead atoms. The molecule has 1 aromatic heterocycles. The number of pyridine rings is 1. The van der Waals surface area contributed by atoms with Crippen molar-refractivity contribution in [2.45, 2.75) is 6.54 Å². The summed E-state index contributed by atoms with van der Waals surface area (Å²) in [6, 6.07) is 11.9. The van der Waals surface area contributed by atoms with Crippen LogP contribution in [0.2, 0.25) is 0 Å². The fraction of sp³-hybridized carbons (Fsp3) is 0.333. The Morgan fingerprint density at radius 3 is 2.75 bits per heavy atom. The largest absolute Gasteiger partial charge is 0.497 e. The molecule has 0 amide bonds. The second-order valence-electron chi connectivity index (χ2n) is 5.79. The molecule has 6 heteroatoms. The van der Waals surface area contributed by atoms with Crippen molar-refractivity contribution >= 4 is 23.0 Å². The summed E-state index contributed by atoms with van der Waals surface area (Å²) in [5, 5.41) is 4.07. The molecule has 0 aliphatic carbocycles. The number of nitrogens with zero attached hydrogens (tertiary/aromatic N) is 3. The molecule has 0 spiro atoms. The lowest BCUT2D eigenvalue weighted by atomic mass is 10.2. The second-order valence-corrected chi connectivity index (χ2v) is 6.17. The Morgan fingerprint density at radius 2 is 2.04 bits per heavy atom. The van der Waals surface area contributed by atoms with E-state index in [1.165, 1.54) is 5.56 Å². The number of anilines is 1. The first kappa shape index (κ1) is 16.7. The van der Waals surface area contributed by atoms with Gasteiger partial charge in [0, 0.05) is 56.9 Å². The van der Waals surface area contributed by atoms with Gasteiger partial charge in [-0.3, -0.25) is 9.88 Å². The van der Waals surface area contributed by atoms with Crippen LogP contribution in [0.25, 0.3) is 0 Å². The lowest BCUT2D eigenvalue weighted by molar-refractivity contribution is 0.177.